The van der Waals surface area contributed by atoms with Gasteiger partial charge in [-0.05, 0) is 30.5 Å². The van der Waals surface area contributed by atoms with Gasteiger partial charge in [0.05, 0.1) is 5.56 Å². The first-order chi connectivity index (χ1) is 9.74. The molecular formula is C14H19F3N2O2. The van der Waals surface area contributed by atoms with Gasteiger partial charge in [0.2, 0.25) is 0 Å². The van der Waals surface area contributed by atoms with Crippen LogP contribution in [0.2, 0.25) is 0 Å². The molecule has 2 atom stereocenters. The third-order valence-electron chi connectivity index (χ3n) is 3.23. The second-order valence-electron chi connectivity index (χ2n) is 4.97. The molecule has 0 saturated heterocycles. The predicted octanol–water partition coefficient (Wildman–Crippen LogP) is 2.52. The number of nitrogens with one attached hydrogen (secondary N) is 2. The molecule has 2 unspecified atom stereocenters. The van der Waals surface area contributed by atoms with E-state index < -0.39 is 17.8 Å². The fraction of sp³-hybridized carbons (Fsp3) is 0.500. The Morgan fingerprint density at radius 3 is 2.29 bits per heavy atom. The molecule has 1 aromatic carbocycles. The summed E-state index contributed by atoms with van der Waals surface area (Å²) < 4.78 is 37.2. The van der Waals surface area contributed by atoms with Crippen LogP contribution >= 0.6 is 0 Å². The number of carbonyl (C=O) groups is 1. The minimum absolute atomic E-state index is 0.0413. The first kappa shape index (κ1) is 17.3. The van der Waals surface area contributed by atoms with Crippen molar-refractivity contribution in [1.29, 1.82) is 0 Å². The maximum absolute atomic E-state index is 12.4. The Morgan fingerprint density at radius 2 is 1.81 bits per heavy atom. The number of hydrogen-bond acceptors (Lipinski definition) is 2. The lowest BCUT2D eigenvalue weighted by Gasteiger charge is -2.19. The lowest BCUT2D eigenvalue weighted by atomic mass is 10.1. The molecule has 1 aromatic rings. The minimum Gasteiger partial charge on any atom is -0.396 e. The lowest BCUT2D eigenvalue weighted by Crippen LogP contribution is -2.43. The van der Waals surface area contributed by atoms with E-state index in [1.807, 2.05) is 0 Å². The molecule has 118 valence electrons. The number of alkyl halides is 3. The second-order valence-corrected chi connectivity index (χ2v) is 4.97. The van der Waals surface area contributed by atoms with E-state index in [2.05, 4.69) is 10.6 Å². The number of hydrogen-bond donors (Lipinski definition) is 3. The second kappa shape index (κ2) is 7.31. The molecule has 0 radical (unpaired) electrons. The van der Waals surface area contributed by atoms with Crippen molar-refractivity contribution < 1.29 is 23.1 Å². The average molecular weight is 304 g/mol. The number of halogens is 3. The number of urea groups is 1. The Morgan fingerprint density at radius 1 is 1.24 bits per heavy atom. The van der Waals surface area contributed by atoms with Gasteiger partial charge in [0.1, 0.15) is 0 Å². The van der Waals surface area contributed by atoms with Crippen molar-refractivity contribution in [2.75, 3.05) is 6.61 Å². The lowest BCUT2D eigenvalue weighted by molar-refractivity contribution is -0.137. The van der Waals surface area contributed by atoms with E-state index in [1.165, 1.54) is 12.1 Å². The smallest absolute Gasteiger partial charge is 0.396 e. The summed E-state index contributed by atoms with van der Waals surface area (Å²) in [6.07, 6.45) is -4.36. The highest BCUT2D eigenvalue weighted by Gasteiger charge is 2.29. The molecule has 3 N–H and O–H groups in total. The molecule has 1 rings (SSSR count). The number of aliphatic hydroxyl groups excluding tert-OH is 1. The first-order valence-electron chi connectivity index (χ1n) is 6.55. The molecule has 0 fully saturated rings. The third-order valence-corrected chi connectivity index (χ3v) is 3.23. The fourth-order valence-electron chi connectivity index (χ4n) is 1.55. The van der Waals surface area contributed by atoms with Crippen LogP contribution in [0.5, 0.6) is 0 Å². The van der Waals surface area contributed by atoms with Crippen LogP contribution in [0.25, 0.3) is 0 Å². The third kappa shape index (κ3) is 5.63. The van der Waals surface area contributed by atoms with E-state index in [9.17, 15) is 18.0 Å². The van der Waals surface area contributed by atoms with E-state index in [0.29, 0.717) is 5.56 Å². The fourth-order valence-corrected chi connectivity index (χ4v) is 1.55. The van der Waals surface area contributed by atoms with Gasteiger partial charge in [0.25, 0.3) is 0 Å². The van der Waals surface area contributed by atoms with Crippen molar-refractivity contribution in [1.82, 2.24) is 10.6 Å². The Hall–Kier alpha value is -1.76. The molecule has 0 saturated carbocycles. The highest BCUT2D eigenvalue weighted by atomic mass is 19.4. The molecule has 2 amide bonds. The van der Waals surface area contributed by atoms with Gasteiger partial charge < -0.3 is 15.7 Å². The quantitative estimate of drug-likeness (QED) is 0.783. The van der Waals surface area contributed by atoms with E-state index in [-0.39, 0.29) is 25.1 Å². The standard InChI is InChI=1S/C14H19F3N2O2/c1-9(8-20)10(2)19-13(21)18-7-11-3-5-12(6-4-11)14(15,16)17/h3-6,9-10,20H,7-8H2,1-2H3,(H2,18,19,21). The molecular weight excluding hydrogens is 285 g/mol. The molecule has 7 heteroatoms. The van der Waals surface area contributed by atoms with E-state index in [4.69, 9.17) is 5.11 Å². The summed E-state index contributed by atoms with van der Waals surface area (Å²) in [5.41, 5.74) is -0.151. The SMILES string of the molecule is CC(CO)C(C)NC(=O)NCc1ccc(C(F)(F)F)cc1. The molecule has 0 aliphatic rings. The summed E-state index contributed by atoms with van der Waals surface area (Å²) in [5, 5.41) is 14.2. The van der Waals surface area contributed by atoms with Gasteiger partial charge in [-0.25, -0.2) is 4.79 Å². The molecule has 0 bridgehead atoms. The van der Waals surface area contributed by atoms with Crippen molar-refractivity contribution >= 4 is 6.03 Å². The highest BCUT2D eigenvalue weighted by molar-refractivity contribution is 5.74. The number of carbonyl (C=O) groups excluding carboxylic acids is 1. The Kier molecular flexibility index (Phi) is 6.02. The highest BCUT2D eigenvalue weighted by Crippen LogP contribution is 2.28. The zero-order valence-electron chi connectivity index (χ0n) is 11.9. The van der Waals surface area contributed by atoms with Gasteiger partial charge >= 0.3 is 12.2 Å². The van der Waals surface area contributed by atoms with Crippen molar-refractivity contribution in [2.45, 2.75) is 32.6 Å². The van der Waals surface area contributed by atoms with Crippen LogP contribution in [0.15, 0.2) is 24.3 Å². The molecule has 21 heavy (non-hydrogen) atoms. The van der Waals surface area contributed by atoms with Gasteiger partial charge in [-0.15, -0.1) is 0 Å². The average Bonchev–Trinajstić information content (AvgIpc) is 2.43. The van der Waals surface area contributed by atoms with E-state index in [1.54, 1.807) is 13.8 Å². The minimum atomic E-state index is -4.36. The number of aliphatic hydroxyl groups is 1. The topological polar surface area (TPSA) is 61.4 Å². The van der Waals surface area contributed by atoms with E-state index in [0.717, 1.165) is 12.1 Å². The van der Waals surface area contributed by atoms with Crippen LogP contribution < -0.4 is 10.6 Å². The van der Waals surface area contributed by atoms with Crippen LogP contribution in [-0.2, 0) is 12.7 Å². The summed E-state index contributed by atoms with van der Waals surface area (Å²) in [6.45, 7) is 3.64. The molecule has 0 heterocycles. The Labute approximate surface area is 121 Å². The molecule has 0 aliphatic carbocycles. The Balaban J connectivity index is 2.47. The van der Waals surface area contributed by atoms with Gasteiger partial charge in [-0.1, -0.05) is 19.1 Å². The molecule has 0 spiro atoms. The van der Waals surface area contributed by atoms with Gasteiger partial charge in [0.15, 0.2) is 0 Å². The van der Waals surface area contributed by atoms with Crippen LogP contribution in [0.3, 0.4) is 0 Å². The van der Waals surface area contributed by atoms with Crippen molar-refractivity contribution in [3.63, 3.8) is 0 Å². The zero-order chi connectivity index (χ0) is 16.0. The van der Waals surface area contributed by atoms with Crippen molar-refractivity contribution in [3.05, 3.63) is 35.4 Å². The van der Waals surface area contributed by atoms with Crippen LogP contribution in [0, 0.1) is 5.92 Å². The predicted molar refractivity (Wildman–Crippen MR) is 72.5 cm³/mol. The summed E-state index contributed by atoms with van der Waals surface area (Å²) in [7, 11) is 0. The summed E-state index contributed by atoms with van der Waals surface area (Å²) in [6, 6.07) is 3.97. The summed E-state index contributed by atoms with van der Waals surface area (Å²) in [5.74, 6) is -0.0816. The van der Waals surface area contributed by atoms with Crippen molar-refractivity contribution in [2.24, 2.45) is 5.92 Å². The first-order valence-corrected chi connectivity index (χ1v) is 6.55. The van der Waals surface area contributed by atoms with Crippen LogP contribution in [0.4, 0.5) is 18.0 Å². The van der Waals surface area contributed by atoms with Crippen LogP contribution in [-0.4, -0.2) is 23.8 Å². The zero-order valence-corrected chi connectivity index (χ0v) is 11.9. The maximum atomic E-state index is 12.4. The summed E-state index contributed by atoms with van der Waals surface area (Å²) in [4.78, 5) is 11.6. The molecule has 0 aliphatic heterocycles. The maximum Gasteiger partial charge on any atom is 0.416 e. The number of benzene rings is 1. The van der Waals surface area contributed by atoms with Gasteiger partial charge in [-0.3, -0.25) is 0 Å². The Bertz CT molecular complexity index is 460. The van der Waals surface area contributed by atoms with Gasteiger partial charge in [0, 0.05) is 19.2 Å². The number of amides is 2. The number of rotatable bonds is 5. The monoisotopic (exact) mass is 304 g/mol. The van der Waals surface area contributed by atoms with Crippen molar-refractivity contribution in [3.8, 4) is 0 Å². The van der Waals surface area contributed by atoms with Gasteiger partial charge in [-0.2, -0.15) is 13.2 Å². The van der Waals surface area contributed by atoms with Crippen LogP contribution in [0.1, 0.15) is 25.0 Å². The molecule has 4 nitrogen and oxygen atoms in total. The normalized spacial score (nSPS) is 14.4. The van der Waals surface area contributed by atoms with E-state index >= 15 is 0 Å². The summed E-state index contributed by atoms with van der Waals surface area (Å²) >= 11 is 0. The molecule has 0 aromatic heterocycles. The largest absolute Gasteiger partial charge is 0.416 e.